The number of hydrogen-bond donors (Lipinski definition) is 2. The van der Waals surface area contributed by atoms with Crippen LogP contribution in [-0.2, 0) is 6.42 Å². The van der Waals surface area contributed by atoms with Crippen molar-refractivity contribution in [3.05, 3.63) is 29.3 Å². The summed E-state index contributed by atoms with van der Waals surface area (Å²) >= 11 is 0. The predicted octanol–water partition coefficient (Wildman–Crippen LogP) is 2.89. The van der Waals surface area contributed by atoms with E-state index in [0.717, 1.165) is 25.2 Å². The number of hydrogen-bond acceptors (Lipinski definition) is 2. The molecule has 0 radical (unpaired) electrons. The minimum Gasteiger partial charge on any atom is -0.508 e. The second kappa shape index (κ2) is 5.02. The van der Waals surface area contributed by atoms with Gasteiger partial charge < -0.3 is 10.2 Å². The van der Waals surface area contributed by atoms with Gasteiger partial charge in [0, 0.05) is 0 Å². The first-order valence-electron chi connectivity index (χ1n) is 9.04. The Balaban J connectivity index is 1.77. The lowest BCUT2D eigenvalue weighted by Gasteiger charge is -2.53. The van der Waals surface area contributed by atoms with Crippen LogP contribution in [0.5, 0.6) is 5.75 Å². The van der Waals surface area contributed by atoms with Crippen LogP contribution < -0.4 is 0 Å². The molecule has 4 rings (SSSR count). The maximum Gasteiger partial charge on any atom is 0.115 e. The molecule has 1 aromatic carbocycles. The minimum atomic E-state index is -0.0998. The van der Waals surface area contributed by atoms with Gasteiger partial charge in [-0.05, 0) is 84.5 Å². The van der Waals surface area contributed by atoms with Gasteiger partial charge in [-0.2, -0.15) is 0 Å². The first-order valence-corrected chi connectivity index (χ1v) is 9.04. The zero-order chi connectivity index (χ0) is 15.5. The summed E-state index contributed by atoms with van der Waals surface area (Å²) in [6, 6.07) is 6.02. The normalized spacial score (nSPS) is 43.3. The third kappa shape index (κ3) is 1.91. The number of phenols is 1. The summed E-state index contributed by atoms with van der Waals surface area (Å²) in [6.07, 6.45) is 6.74. The van der Waals surface area contributed by atoms with Gasteiger partial charge in [0.15, 0.2) is 0 Å². The average molecular weight is 298 g/mol. The molecule has 3 aliphatic rings. The van der Waals surface area contributed by atoms with Gasteiger partial charge in [-0.1, -0.05) is 19.3 Å². The van der Waals surface area contributed by atoms with Crippen LogP contribution in [0, 0.1) is 23.2 Å². The van der Waals surface area contributed by atoms with Crippen molar-refractivity contribution in [3.8, 4) is 5.75 Å². The van der Waals surface area contributed by atoms with Gasteiger partial charge in [0.05, 0.1) is 6.10 Å². The van der Waals surface area contributed by atoms with E-state index in [9.17, 15) is 10.2 Å². The molecule has 118 valence electrons. The van der Waals surface area contributed by atoms with Crippen LogP contribution in [0.3, 0.4) is 0 Å². The number of phenolic OH excluding ortho intramolecular Hbond substituents is 1. The van der Waals surface area contributed by atoms with E-state index >= 15 is 0 Å². The molecule has 0 saturated heterocycles. The second-order valence-electron chi connectivity index (χ2n) is 8.18. The Kier molecular flexibility index (Phi) is 3.34. The Morgan fingerprint density at radius 3 is 2.86 bits per heavy atom. The highest BCUT2D eigenvalue weighted by Gasteiger charge is 2.56. The van der Waals surface area contributed by atoms with Crippen LogP contribution in [-0.4, -0.2) is 24.2 Å². The Bertz CT molecular complexity index is 587. The molecular weight excluding hydrogens is 271 g/mol. The summed E-state index contributed by atoms with van der Waals surface area (Å²) in [4.78, 5) is 0. The van der Waals surface area contributed by atoms with E-state index in [1.807, 2.05) is 12.1 Å². The molecule has 2 N–H and O–H groups in total. The average Bonchev–Trinajstić information content (AvgIpc) is 2.81. The van der Waals surface area contributed by atoms with E-state index in [0.29, 0.717) is 23.5 Å². The molecule has 0 amide bonds. The fraction of sp³-hybridized carbons (Fsp3) is 0.684. The van der Waals surface area contributed by atoms with Crippen LogP contribution in [0.2, 0.25) is 6.32 Å². The summed E-state index contributed by atoms with van der Waals surface area (Å²) in [5, 5.41) is 20.4. The third-order valence-corrected chi connectivity index (χ3v) is 7.36. The number of fused-ring (bicyclic) bond motifs is 5. The molecule has 0 bridgehead atoms. The third-order valence-electron chi connectivity index (χ3n) is 7.36. The van der Waals surface area contributed by atoms with E-state index in [2.05, 4.69) is 20.8 Å². The highest BCUT2D eigenvalue weighted by Crippen LogP contribution is 2.62. The molecule has 0 aliphatic heterocycles. The van der Waals surface area contributed by atoms with Crippen LogP contribution in [0.4, 0.5) is 0 Å². The number of aliphatic hydroxyl groups excluding tert-OH is 1. The van der Waals surface area contributed by atoms with Crippen molar-refractivity contribution in [1.29, 1.82) is 0 Å². The second-order valence-corrected chi connectivity index (χ2v) is 8.18. The molecule has 2 saturated carbocycles. The largest absolute Gasteiger partial charge is 0.508 e. The number of benzene rings is 1. The van der Waals surface area contributed by atoms with Gasteiger partial charge in [0.25, 0.3) is 0 Å². The molecule has 3 aliphatic carbocycles. The van der Waals surface area contributed by atoms with Crippen LogP contribution in [0.25, 0.3) is 0 Å². The van der Waals surface area contributed by atoms with Crippen molar-refractivity contribution in [3.63, 3.8) is 0 Å². The topological polar surface area (TPSA) is 40.5 Å². The van der Waals surface area contributed by atoms with Gasteiger partial charge in [-0.3, -0.25) is 0 Å². The van der Waals surface area contributed by atoms with Crippen molar-refractivity contribution in [2.75, 3.05) is 0 Å². The monoisotopic (exact) mass is 298 g/mol. The van der Waals surface area contributed by atoms with Crippen molar-refractivity contribution in [2.24, 2.45) is 23.2 Å². The molecule has 2 nitrogen and oxygen atoms in total. The Hall–Kier alpha value is -0.955. The fourth-order valence-electron chi connectivity index (χ4n) is 6.15. The van der Waals surface area contributed by atoms with E-state index < -0.39 is 0 Å². The van der Waals surface area contributed by atoms with Crippen molar-refractivity contribution < 1.29 is 10.2 Å². The fourth-order valence-corrected chi connectivity index (χ4v) is 6.15. The molecule has 1 aromatic rings. The lowest BCUT2D eigenvalue weighted by Crippen LogP contribution is -2.47. The van der Waals surface area contributed by atoms with Gasteiger partial charge >= 0.3 is 0 Å². The summed E-state index contributed by atoms with van der Waals surface area (Å²) in [7, 11) is 2.31. The molecule has 0 spiro atoms. The van der Waals surface area contributed by atoms with Gasteiger partial charge in [-0.25, -0.2) is 0 Å². The summed E-state index contributed by atoms with van der Waals surface area (Å²) in [5.41, 5.74) is 2.99. The van der Waals surface area contributed by atoms with E-state index in [1.165, 1.54) is 30.3 Å². The van der Waals surface area contributed by atoms with Gasteiger partial charge in [0.2, 0.25) is 0 Å². The molecular formula is C19H27BO2. The van der Waals surface area contributed by atoms with Crippen molar-refractivity contribution in [2.45, 2.75) is 57.4 Å². The highest BCUT2D eigenvalue weighted by atomic mass is 16.3. The first-order chi connectivity index (χ1) is 10.5. The Morgan fingerprint density at radius 1 is 1.27 bits per heavy atom. The minimum absolute atomic E-state index is 0.0998. The standard InChI is InChI=1S/C19H27BO2/c1-19-7-6-15-14-3-2-13(21)9-11(14)8-12(10-20)18(15)16(19)4-5-17(19)22/h2-3,9,12,15-18,21-22H,4-8,10,20H2,1H3/t12-,15+,16-,17-,18+,19-/m0/s1. The molecule has 3 heteroatoms. The number of aliphatic hydroxyl groups is 1. The predicted molar refractivity (Wildman–Crippen MR) is 91.0 cm³/mol. The number of aromatic hydroxyl groups is 1. The van der Waals surface area contributed by atoms with E-state index in [-0.39, 0.29) is 11.5 Å². The zero-order valence-electron chi connectivity index (χ0n) is 13.8. The van der Waals surface area contributed by atoms with Crippen molar-refractivity contribution >= 4 is 7.85 Å². The smallest absolute Gasteiger partial charge is 0.115 e. The maximum atomic E-state index is 10.5. The van der Waals surface area contributed by atoms with Crippen LogP contribution >= 0.6 is 0 Å². The van der Waals surface area contributed by atoms with Crippen LogP contribution in [0.1, 0.15) is 49.7 Å². The van der Waals surface area contributed by atoms with Crippen molar-refractivity contribution in [1.82, 2.24) is 0 Å². The molecule has 22 heavy (non-hydrogen) atoms. The van der Waals surface area contributed by atoms with E-state index in [4.69, 9.17) is 0 Å². The molecule has 6 atom stereocenters. The van der Waals surface area contributed by atoms with Crippen LogP contribution in [0.15, 0.2) is 18.2 Å². The van der Waals surface area contributed by atoms with E-state index in [1.54, 1.807) is 0 Å². The first kappa shape index (κ1) is 14.6. The van der Waals surface area contributed by atoms with Gasteiger partial charge in [0.1, 0.15) is 13.6 Å². The Morgan fingerprint density at radius 2 is 2.09 bits per heavy atom. The number of rotatable bonds is 1. The lowest BCUT2D eigenvalue weighted by atomic mass is 9.51. The molecule has 0 unspecified atom stereocenters. The lowest BCUT2D eigenvalue weighted by molar-refractivity contribution is -0.0355. The maximum absolute atomic E-state index is 10.5. The summed E-state index contributed by atoms with van der Waals surface area (Å²) in [6.45, 7) is 2.34. The zero-order valence-corrected chi connectivity index (χ0v) is 13.8. The quantitative estimate of drug-likeness (QED) is 0.783. The molecule has 0 aromatic heterocycles. The summed E-state index contributed by atoms with van der Waals surface area (Å²) in [5.74, 6) is 3.14. The molecule has 2 fully saturated rings. The highest BCUT2D eigenvalue weighted by molar-refractivity contribution is 6.08. The Labute approximate surface area is 134 Å². The summed E-state index contributed by atoms with van der Waals surface area (Å²) < 4.78 is 0. The SMILES string of the molecule is BC[C@@H]1Cc2cc(O)ccc2[C@H]2CC[C@]3(C)[C@@H](O)CC[C@H]3[C@H]12. The molecule has 0 heterocycles. The van der Waals surface area contributed by atoms with Gasteiger partial charge in [-0.15, -0.1) is 0 Å².